The molecule has 0 aromatic rings. The average Bonchev–Trinajstić information content (AvgIpc) is 1.96. The third kappa shape index (κ3) is 9.92. The highest BCUT2D eigenvalue weighted by Gasteiger charge is 1.91. The molecule has 0 aliphatic rings. The van der Waals surface area contributed by atoms with Crippen LogP contribution in [-0.2, 0) is 0 Å². The van der Waals surface area contributed by atoms with Gasteiger partial charge < -0.3 is 10.6 Å². The van der Waals surface area contributed by atoms with Crippen LogP contribution in [0.4, 0.5) is 0 Å². The van der Waals surface area contributed by atoms with E-state index in [0.29, 0.717) is 0 Å². The highest BCUT2D eigenvalue weighted by atomic mass is 14.9. The fourth-order valence-corrected chi connectivity index (χ4v) is 0.869. The standard InChI is InChI=1S/C9H22N2/c1-4-10-7-8-11-6-5-9(2)3/h9-11H,4-8H2,1-3H3. The molecule has 0 spiro atoms. The van der Waals surface area contributed by atoms with Gasteiger partial charge in [0.25, 0.3) is 0 Å². The largest absolute Gasteiger partial charge is 0.316 e. The third-order valence-corrected chi connectivity index (χ3v) is 1.63. The van der Waals surface area contributed by atoms with E-state index >= 15 is 0 Å². The normalized spacial score (nSPS) is 10.9. The highest BCUT2D eigenvalue weighted by molar-refractivity contribution is 4.52. The van der Waals surface area contributed by atoms with Gasteiger partial charge in [-0.1, -0.05) is 20.8 Å². The molecule has 0 heterocycles. The molecule has 0 aliphatic heterocycles. The minimum absolute atomic E-state index is 0.821. The van der Waals surface area contributed by atoms with E-state index in [9.17, 15) is 0 Å². The second-order valence-electron chi connectivity index (χ2n) is 3.29. The lowest BCUT2D eigenvalue weighted by Gasteiger charge is -2.06. The number of rotatable bonds is 7. The van der Waals surface area contributed by atoms with Gasteiger partial charge in [-0.2, -0.15) is 0 Å². The molecule has 11 heavy (non-hydrogen) atoms. The Balaban J connectivity index is 2.80. The number of hydrogen-bond acceptors (Lipinski definition) is 2. The van der Waals surface area contributed by atoms with Crippen molar-refractivity contribution in [3.8, 4) is 0 Å². The molecule has 68 valence electrons. The summed E-state index contributed by atoms with van der Waals surface area (Å²) in [7, 11) is 0. The molecule has 0 rings (SSSR count). The van der Waals surface area contributed by atoms with Crippen LogP contribution in [0.25, 0.3) is 0 Å². The van der Waals surface area contributed by atoms with E-state index in [1.165, 1.54) is 6.42 Å². The Morgan fingerprint density at radius 3 is 2.18 bits per heavy atom. The molecule has 0 aromatic carbocycles. The fourth-order valence-electron chi connectivity index (χ4n) is 0.869. The first-order valence-corrected chi connectivity index (χ1v) is 4.68. The van der Waals surface area contributed by atoms with Crippen LogP contribution in [0.2, 0.25) is 0 Å². The summed E-state index contributed by atoms with van der Waals surface area (Å²) < 4.78 is 0. The van der Waals surface area contributed by atoms with Crippen LogP contribution in [0.3, 0.4) is 0 Å². The third-order valence-electron chi connectivity index (χ3n) is 1.63. The van der Waals surface area contributed by atoms with Gasteiger partial charge in [-0.15, -0.1) is 0 Å². The van der Waals surface area contributed by atoms with Crippen LogP contribution in [0.5, 0.6) is 0 Å². The summed E-state index contributed by atoms with van der Waals surface area (Å²) in [5.74, 6) is 0.821. The molecule has 0 saturated heterocycles. The molecule has 0 bridgehead atoms. The molecule has 0 saturated carbocycles. The van der Waals surface area contributed by atoms with Crippen molar-refractivity contribution in [1.82, 2.24) is 10.6 Å². The Kier molecular flexibility index (Phi) is 7.96. The van der Waals surface area contributed by atoms with E-state index in [4.69, 9.17) is 0 Å². The first-order chi connectivity index (χ1) is 5.27. The zero-order valence-electron chi connectivity index (χ0n) is 8.11. The lowest BCUT2D eigenvalue weighted by molar-refractivity contribution is 0.530. The topological polar surface area (TPSA) is 24.1 Å². The summed E-state index contributed by atoms with van der Waals surface area (Å²) in [6.45, 7) is 11.1. The van der Waals surface area contributed by atoms with E-state index < -0.39 is 0 Å². The van der Waals surface area contributed by atoms with E-state index in [1.807, 2.05) is 0 Å². The Hall–Kier alpha value is -0.0800. The van der Waals surface area contributed by atoms with Crippen LogP contribution in [0.15, 0.2) is 0 Å². The van der Waals surface area contributed by atoms with Crippen molar-refractivity contribution in [2.75, 3.05) is 26.2 Å². The average molecular weight is 158 g/mol. The molecule has 0 unspecified atom stereocenters. The van der Waals surface area contributed by atoms with Crippen molar-refractivity contribution in [3.05, 3.63) is 0 Å². The molecule has 0 aliphatic carbocycles. The number of nitrogens with one attached hydrogen (secondary N) is 2. The van der Waals surface area contributed by atoms with Gasteiger partial charge in [0.1, 0.15) is 0 Å². The van der Waals surface area contributed by atoms with Crippen molar-refractivity contribution in [2.24, 2.45) is 5.92 Å². The van der Waals surface area contributed by atoms with Crippen molar-refractivity contribution < 1.29 is 0 Å². The van der Waals surface area contributed by atoms with Crippen LogP contribution in [-0.4, -0.2) is 26.2 Å². The van der Waals surface area contributed by atoms with Gasteiger partial charge in [0.2, 0.25) is 0 Å². The lowest BCUT2D eigenvalue weighted by atomic mass is 10.1. The Bertz CT molecular complexity index is 72.0. The van der Waals surface area contributed by atoms with Gasteiger partial charge in [0, 0.05) is 13.1 Å². The fraction of sp³-hybridized carbons (Fsp3) is 1.00. The van der Waals surface area contributed by atoms with Gasteiger partial charge in [0.05, 0.1) is 0 Å². The van der Waals surface area contributed by atoms with Gasteiger partial charge in [0.15, 0.2) is 0 Å². The molecule has 0 atom stereocenters. The first kappa shape index (κ1) is 10.9. The summed E-state index contributed by atoms with van der Waals surface area (Å²) in [5.41, 5.74) is 0. The zero-order chi connectivity index (χ0) is 8.53. The van der Waals surface area contributed by atoms with Crippen molar-refractivity contribution in [3.63, 3.8) is 0 Å². The van der Waals surface area contributed by atoms with Crippen LogP contribution in [0, 0.1) is 5.92 Å². The molecule has 2 heteroatoms. The Labute approximate surface area is 70.8 Å². The van der Waals surface area contributed by atoms with Crippen LogP contribution in [0.1, 0.15) is 27.2 Å². The summed E-state index contributed by atoms with van der Waals surface area (Å²) in [6, 6.07) is 0. The summed E-state index contributed by atoms with van der Waals surface area (Å²) in [5, 5.41) is 6.66. The monoisotopic (exact) mass is 158 g/mol. The smallest absolute Gasteiger partial charge is 0.00767 e. The van der Waals surface area contributed by atoms with Gasteiger partial charge in [-0.25, -0.2) is 0 Å². The Morgan fingerprint density at radius 1 is 1.00 bits per heavy atom. The number of likely N-dealkylation sites (N-methyl/N-ethyl adjacent to an activating group) is 1. The second-order valence-corrected chi connectivity index (χ2v) is 3.29. The summed E-state index contributed by atoms with van der Waals surface area (Å²) in [6.07, 6.45) is 1.28. The zero-order valence-corrected chi connectivity index (χ0v) is 8.11. The van der Waals surface area contributed by atoms with E-state index in [2.05, 4.69) is 31.4 Å². The lowest BCUT2D eigenvalue weighted by Crippen LogP contribution is -2.28. The van der Waals surface area contributed by atoms with Crippen LogP contribution < -0.4 is 10.6 Å². The maximum absolute atomic E-state index is 3.39. The van der Waals surface area contributed by atoms with Gasteiger partial charge in [-0.3, -0.25) is 0 Å². The minimum Gasteiger partial charge on any atom is -0.316 e. The quantitative estimate of drug-likeness (QED) is 0.545. The molecule has 0 fully saturated rings. The Morgan fingerprint density at radius 2 is 1.64 bits per heavy atom. The van der Waals surface area contributed by atoms with Crippen molar-refractivity contribution >= 4 is 0 Å². The molecular weight excluding hydrogens is 136 g/mol. The molecule has 0 aromatic heterocycles. The van der Waals surface area contributed by atoms with E-state index in [-0.39, 0.29) is 0 Å². The molecule has 0 radical (unpaired) electrons. The first-order valence-electron chi connectivity index (χ1n) is 4.68. The molecular formula is C9H22N2. The molecule has 2 nitrogen and oxygen atoms in total. The van der Waals surface area contributed by atoms with Crippen molar-refractivity contribution in [2.45, 2.75) is 27.2 Å². The predicted octanol–water partition coefficient (Wildman–Crippen LogP) is 1.23. The minimum atomic E-state index is 0.821. The SMILES string of the molecule is CCNCCNCCC(C)C. The van der Waals surface area contributed by atoms with Gasteiger partial charge in [-0.05, 0) is 25.4 Å². The van der Waals surface area contributed by atoms with Crippen molar-refractivity contribution in [1.29, 1.82) is 0 Å². The van der Waals surface area contributed by atoms with E-state index in [0.717, 1.165) is 32.1 Å². The maximum atomic E-state index is 3.39. The highest BCUT2D eigenvalue weighted by Crippen LogP contribution is 1.95. The molecule has 2 N–H and O–H groups in total. The molecule has 0 amide bonds. The number of hydrogen-bond donors (Lipinski definition) is 2. The van der Waals surface area contributed by atoms with E-state index in [1.54, 1.807) is 0 Å². The summed E-state index contributed by atoms with van der Waals surface area (Å²) in [4.78, 5) is 0. The van der Waals surface area contributed by atoms with Gasteiger partial charge >= 0.3 is 0 Å². The predicted molar refractivity (Wildman–Crippen MR) is 50.9 cm³/mol. The maximum Gasteiger partial charge on any atom is 0.00767 e. The summed E-state index contributed by atoms with van der Waals surface area (Å²) >= 11 is 0. The van der Waals surface area contributed by atoms with Crippen LogP contribution >= 0.6 is 0 Å². The second kappa shape index (κ2) is 8.02.